The van der Waals surface area contributed by atoms with Crippen LogP contribution in [-0.2, 0) is 14.4 Å². The second kappa shape index (κ2) is 7.26. The van der Waals surface area contributed by atoms with Crippen LogP contribution in [0.4, 0.5) is 0 Å². The van der Waals surface area contributed by atoms with Crippen LogP contribution in [-0.4, -0.2) is 25.3 Å². The summed E-state index contributed by atoms with van der Waals surface area (Å²) in [7, 11) is 0. The van der Waals surface area contributed by atoms with Gasteiger partial charge in [-0.15, -0.1) is 0 Å². The molecule has 1 fully saturated rings. The Kier molecular flexibility index (Phi) is 5.36. The van der Waals surface area contributed by atoms with Crippen molar-refractivity contribution in [1.29, 1.82) is 0 Å². The Hall–Kier alpha value is -2.37. The Morgan fingerprint density at radius 2 is 2.04 bits per heavy atom. The van der Waals surface area contributed by atoms with E-state index in [1.54, 1.807) is 6.92 Å². The first kappa shape index (κ1) is 17.0. The van der Waals surface area contributed by atoms with Crippen molar-refractivity contribution in [3.8, 4) is 0 Å². The summed E-state index contributed by atoms with van der Waals surface area (Å²) in [6.07, 6.45) is 2.62. The Morgan fingerprint density at radius 1 is 1.35 bits per heavy atom. The first-order chi connectivity index (χ1) is 11.0. The molecule has 1 aromatic rings. The van der Waals surface area contributed by atoms with Crippen LogP contribution < -0.4 is 16.4 Å². The van der Waals surface area contributed by atoms with Crippen molar-refractivity contribution >= 4 is 18.7 Å². The lowest BCUT2D eigenvalue weighted by Crippen LogP contribution is -2.56. The first-order valence-electron chi connectivity index (χ1n) is 7.72. The highest BCUT2D eigenvalue weighted by Crippen LogP contribution is 2.57. The highest BCUT2D eigenvalue weighted by atomic mass is 16.1. The van der Waals surface area contributed by atoms with E-state index in [1.165, 1.54) is 0 Å². The summed E-state index contributed by atoms with van der Waals surface area (Å²) < 4.78 is 0. The van der Waals surface area contributed by atoms with Crippen LogP contribution in [0, 0.1) is 17.3 Å². The summed E-state index contributed by atoms with van der Waals surface area (Å²) in [5.74, 6) is -0.594. The lowest BCUT2D eigenvalue weighted by Gasteiger charge is -2.54. The van der Waals surface area contributed by atoms with E-state index in [0.29, 0.717) is 25.8 Å². The van der Waals surface area contributed by atoms with E-state index in [9.17, 15) is 14.4 Å². The number of benzene rings is 1. The predicted molar refractivity (Wildman–Crippen MR) is 84.9 cm³/mol. The van der Waals surface area contributed by atoms with Crippen molar-refractivity contribution in [3.05, 3.63) is 35.9 Å². The van der Waals surface area contributed by atoms with Gasteiger partial charge in [-0.2, -0.15) is 0 Å². The number of amides is 3. The zero-order valence-corrected chi connectivity index (χ0v) is 13.1. The maximum absolute atomic E-state index is 11.9. The topological polar surface area (TPSA) is 99.1 Å². The minimum absolute atomic E-state index is 0.159. The van der Waals surface area contributed by atoms with Gasteiger partial charge in [-0.3, -0.25) is 20.1 Å². The summed E-state index contributed by atoms with van der Waals surface area (Å²) in [6.45, 7) is 2.31. The van der Waals surface area contributed by atoms with Crippen LogP contribution in [0.25, 0.3) is 0 Å². The minimum Gasteiger partial charge on any atom is -0.359 e. The third kappa shape index (κ3) is 3.36. The molecule has 3 amide bonds. The smallest absolute Gasteiger partial charge is 0.244 e. The molecule has 0 spiro atoms. The fourth-order valence-corrected chi connectivity index (χ4v) is 3.80. The van der Waals surface area contributed by atoms with Crippen molar-refractivity contribution < 1.29 is 14.4 Å². The number of rotatable bonds is 9. The van der Waals surface area contributed by atoms with Gasteiger partial charge in [0.05, 0.1) is 11.5 Å². The molecule has 123 valence electrons. The van der Waals surface area contributed by atoms with Crippen molar-refractivity contribution in [2.45, 2.75) is 25.8 Å². The number of carbonyl (C=O) groups excluding carboxylic acids is 3. The van der Waals surface area contributed by atoms with Crippen molar-refractivity contribution in [3.63, 3.8) is 0 Å². The fraction of sp³-hybridized carbons (Fsp3) is 0.471. The molecule has 0 heterocycles. The molecule has 23 heavy (non-hydrogen) atoms. The van der Waals surface area contributed by atoms with Crippen molar-refractivity contribution in [1.82, 2.24) is 16.4 Å². The third-order valence-corrected chi connectivity index (χ3v) is 4.96. The quantitative estimate of drug-likeness (QED) is 0.526. The molecule has 1 aliphatic rings. The standard InChI is InChI=1S/C17H22N3O3/c1-17(16(18)23)9-13(7-8-19-10-21)14(17)15(20-11-22)12-5-3-2-4-6-12/h2-6,10-11,13-15,18H,7-9H2,1H3,(H,19,21)(H,20,22). The fourth-order valence-electron chi connectivity index (χ4n) is 3.80. The van der Waals surface area contributed by atoms with E-state index >= 15 is 0 Å². The number of hydrogen-bond donors (Lipinski definition) is 2. The zero-order chi connectivity index (χ0) is 16.9. The molecule has 0 saturated heterocycles. The molecular weight excluding hydrogens is 294 g/mol. The van der Waals surface area contributed by atoms with Gasteiger partial charge in [0.25, 0.3) is 0 Å². The predicted octanol–water partition coefficient (Wildman–Crippen LogP) is 1.06. The van der Waals surface area contributed by atoms with Gasteiger partial charge in [-0.25, -0.2) is 0 Å². The van der Waals surface area contributed by atoms with E-state index in [4.69, 9.17) is 5.73 Å². The monoisotopic (exact) mass is 316 g/mol. The lowest BCUT2D eigenvalue weighted by molar-refractivity contribution is -0.148. The van der Waals surface area contributed by atoms with Gasteiger partial charge < -0.3 is 10.6 Å². The highest BCUT2D eigenvalue weighted by molar-refractivity contribution is 5.81. The Bertz CT molecular complexity index is 563. The second-order valence-corrected chi connectivity index (χ2v) is 6.27. The van der Waals surface area contributed by atoms with Crippen LogP contribution in [0.1, 0.15) is 31.4 Å². The molecule has 6 nitrogen and oxygen atoms in total. The minimum atomic E-state index is -0.775. The molecule has 4 atom stereocenters. The number of nitrogens with one attached hydrogen (secondary N) is 3. The van der Waals surface area contributed by atoms with Gasteiger partial charge in [0.2, 0.25) is 18.7 Å². The van der Waals surface area contributed by atoms with Gasteiger partial charge in [0.1, 0.15) is 0 Å². The molecule has 1 aliphatic carbocycles. The largest absolute Gasteiger partial charge is 0.359 e. The van der Waals surface area contributed by atoms with E-state index in [0.717, 1.165) is 12.0 Å². The molecular formula is C17H22N3O3. The zero-order valence-electron chi connectivity index (χ0n) is 13.1. The van der Waals surface area contributed by atoms with Crippen LogP contribution in [0.5, 0.6) is 0 Å². The van der Waals surface area contributed by atoms with Gasteiger partial charge in [-0.05, 0) is 24.3 Å². The van der Waals surface area contributed by atoms with Gasteiger partial charge in [0.15, 0.2) is 0 Å². The summed E-state index contributed by atoms with van der Waals surface area (Å²) in [6, 6.07) is 9.17. The maximum atomic E-state index is 11.9. The number of hydrogen-bond acceptors (Lipinski definition) is 3. The van der Waals surface area contributed by atoms with E-state index in [2.05, 4.69) is 10.6 Å². The molecule has 0 aromatic heterocycles. The first-order valence-corrected chi connectivity index (χ1v) is 7.72. The third-order valence-electron chi connectivity index (χ3n) is 4.96. The summed E-state index contributed by atoms with van der Waals surface area (Å²) >= 11 is 0. The molecule has 4 unspecified atom stereocenters. The molecule has 2 rings (SSSR count). The van der Waals surface area contributed by atoms with E-state index < -0.39 is 11.3 Å². The Morgan fingerprint density at radius 3 is 2.61 bits per heavy atom. The van der Waals surface area contributed by atoms with Gasteiger partial charge in [-0.1, -0.05) is 37.3 Å². The van der Waals surface area contributed by atoms with Crippen LogP contribution in [0.15, 0.2) is 30.3 Å². The Balaban J connectivity index is 2.27. The molecule has 1 aromatic carbocycles. The molecule has 0 aliphatic heterocycles. The molecule has 6 heteroatoms. The number of carbonyl (C=O) groups is 3. The summed E-state index contributed by atoms with van der Waals surface area (Å²) in [4.78, 5) is 33.3. The van der Waals surface area contributed by atoms with Gasteiger partial charge in [0, 0.05) is 12.5 Å². The van der Waals surface area contributed by atoms with E-state index in [1.807, 2.05) is 30.3 Å². The highest BCUT2D eigenvalue weighted by Gasteiger charge is 2.57. The average molecular weight is 316 g/mol. The SMILES string of the molecule is CC1(C([NH])=O)CC(CCNC=O)C1C(NC=O)c1ccccc1. The molecule has 1 radical (unpaired) electrons. The second-order valence-electron chi connectivity index (χ2n) is 6.27. The van der Waals surface area contributed by atoms with Gasteiger partial charge >= 0.3 is 0 Å². The van der Waals surface area contributed by atoms with Crippen LogP contribution >= 0.6 is 0 Å². The normalized spacial score (nSPS) is 27.3. The molecule has 1 saturated carbocycles. The Labute approximate surface area is 135 Å². The average Bonchev–Trinajstić information content (AvgIpc) is 2.54. The van der Waals surface area contributed by atoms with Crippen LogP contribution in [0.3, 0.4) is 0 Å². The van der Waals surface area contributed by atoms with Crippen molar-refractivity contribution in [2.24, 2.45) is 17.3 Å². The van der Waals surface area contributed by atoms with Crippen molar-refractivity contribution in [2.75, 3.05) is 6.54 Å². The lowest BCUT2D eigenvalue weighted by atomic mass is 9.50. The van der Waals surface area contributed by atoms with E-state index in [-0.39, 0.29) is 17.9 Å². The maximum Gasteiger partial charge on any atom is 0.244 e. The molecule has 0 bridgehead atoms. The molecule has 3 N–H and O–H groups in total. The summed E-state index contributed by atoms with van der Waals surface area (Å²) in [5.41, 5.74) is 7.77. The summed E-state index contributed by atoms with van der Waals surface area (Å²) in [5, 5.41) is 5.46. The van der Waals surface area contributed by atoms with Crippen LogP contribution in [0.2, 0.25) is 0 Å².